The molecule has 0 N–H and O–H groups in total. The topological polar surface area (TPSA) is 66.9 Å². The number of likely N-dealkylation sites (tertiary alicyclic amines) is 1. The zero-order chi connectivity index (χ0) is 22.1. The first-order valence-corrected chi connectivity index (χ1v) is 10.9. The number of ether oxygens (including phenoxy) is 1. The molecule has 31 heavy (non-hydrogen) atoms. The molecule has 2 atom stereocenters. The largest absolute Gasteiger partial charge is 0.493 e. The lowest BCUT2D eigenvalue weighted by Crippen LogP contribution is -2.42. The molecular weight excluding hydrogens is 392 g/mol. The van der Waals surface area contributed by atoms with E-state index in [0.717, 1.165) is 25.1 Å². The number of imide groups is 1. The number of hydrogen-bond donors (Lipinski definition) is 0. The maximum atomic E-state index is 13.4. The molecule has 0 aliphatic carbocycles. The molecule has 0 saturated carbocycles. The highest BCUT2D eigenvalue weighted by Gasteiger charge is 2.35. The average molecular weight is 421 g/mol. The molecule has 162 valence electrons. The van der Waals surface area contributed by atoms with Crippen molar-refractivity contribution in [2.75, 3.05) is 19.7 Å². The van der Waals surface area contributed by atoms with Crippen LogP contribution in [0.4, 0.5) is 0 Å². The number of hydrogen-bond acceptors (Lipinski definition) is 4. The molecule has 2 aliphatic heterocycles. The van der Waals surface area contributed by atoms with Crippen molar-refractivity contribution in [2.24, 2.45) is 11.8 Å². The Labute approximate surface area is 182 Å². The van der Waals surface area contributed by atoms with Crippen LogP contribution in [0.2, 0.25) is 0 Å². The van der Waals surface area contributed by atoms with E-state index < -0.39 is 0 Å². The van der Waals surface area contributed by atoms with Crippen LogP contribution in [0.3, 0.4) is 0 Å². The molecule has 0 aromatic heterocycles. The van der Waals surface area contributed by atoms with E-state index in [1.807, 2.05) is 17.9 Å². The summed E-state index contributed by atoms with van der Waals surface area (Å²) in [6.45, 7) is 8.22. The summed E-state index contributed by atoms with van der Waals surface area (Å²) in [5, 5.41) is 0. The summed E-state index contributed by atoms with van der Waals surface area (Å²) in [6, 6.07) is 12.2. The third kappa shape index (κ3) is 4.07. The summed E-state index contributed by atoms with van der Waals surface area (Å²) >= 11 is 0. The van der Waals surface area contributed by atoms with Crippen molar-refractivity contribution < 1.29 is 19.1 Å². The van der Waals surface area contributed by atoms with Gasteiger partial charge in [-0.15, -0.1) is 0 Å². The third-order valence-corrected chi connectivity index (χ3v) is 5.95. The number of rotatable bonds is 5. The third-order valence-electron chi connectivity index (χ3n) is 5.95. The molecule has 2 aromatic carbocycles. The maximum Gasteiger partial charge on any atom is 0.261 e. The Kier molecular flexibility index (Phi) is 5.81. The van der Waals surface area contributed by atoms with E-state index in [1.165, 1.54) is 4.90 Å². The van der Waals surface area contributed by atoms with Gasteiger partial charge < -0.3 is 9.64 Å². The van der Waals surface area contributed by atoms with Gasteiger partial charge in [0.15, 0.2) is 0 Å². The van der Waals surface area contributed by atoms with Crippen molar-refractivity contribution in [3.8, 4) is 5.75 Å². The van der Waals surface area contributed by atoms with E-state index >= 15 is 0 Å². The van der Waals surface area contributed by atoms with Crippen LogP contribution in [0, 0.1) is 11.8 Å². The minimum absolute atomic E-state index is 0.0638. The summed E-state index contributed by atoms with van der Waals surface area (Å²) in [5.74, 6) is 0.757. The van der Waals surface area contributed by atoms with Crippen molar-refractivity contribution in [1.82, 2.24) is 9.80 Å². The highest BCUT2D eigenvalue weighted by atomic mass is 16.5. The van der Waals surface area contributed by atoms with E-state index in [-0.39, 0.29) is 24.3 Å². The molecule has 0 bridgehead atoms. The lowest BCUT2D eigenvalue weighted by atomic mass is 9.91. The molecule has 2 aromatic rings. The summed E-state index contributed by atoms with van der Waals surface area (Å²) in [7, 11) is 0. The summed E-state index contributed by atoms with van der Waals surface area (Å²) in [5.41, 5.74) is 2.05. The predicted octanol–water partition coefficient (Wildman–Crippen LogP) is 4.00. The second kappa shape index (κ2) is 8.53. The summed E-state index contributed by atoms with van der Waals surface area (Å²) in [4.78, 5) is 42.0. The van der Waals surface area contributed by atoms with Gasteiger partial charge in [-0.05, 0) is 55.0 Å². The second-order valence-electron chi connectivity index (χ2n) is 8.66. The summed E-state index contributed by atoms with van der Waals surface area (Å²) in [6.07, 6.45) is 1.11. The van der Waals surface area contributed by atoms with Crippen molar-refractivity contribution in [2.45, 2.75) is 33.7 Å². The van der Waals surface area contributed by atoms with E-state index in [4.69, 9.17) is 4.74 Å². The van der Waals surface area contributed by atoms with Gasteiger partial charge in [-0.25, -0.2) is 0 Å². The maximum absolute atomic E-state index is 13.4. The Bertz CT molecular complexity index is 987. The number of fused-ring (bicyclic) bond motifs is 1. The van der Waals surface area contributed by atoms with Gasteiger partial charge >= 0.3 is 0 Å². The monoisotopic (exact) mass is 420 g/mol. The fourth-order valence-corrected chi connectivity index (χ4v) is 4.69. The first kappa shape index (κ1) is 21.1. The van der Waals surface area contributed by atoms with E-state index in [1.54, 1.807) is 36.4 Å². The van der Waals surface area contributed by atoms with E-state index in [9.17, 15) is 14.4 Å². The molecule has 1 fully saturated rings. The SMILES string of the molecule is CCOc1ccc(CN2C(=O)c3ccccc3C2=O)cc1C(=O)N1CC(C)CC(C)C1. The number of benzene rings is 2. The molecule has 2 unspecified atom stereocenters. The Morgan fingerprint density at radius 1 is 1.00 bits per heavy atom. The minimum Gasteiger partial charge on any atom is -0.493 e. The first-order chi connectivity index (χ1) is 14.9. The molecule has 0 spiro atoms. The molecule has 2 heterocycles. The van der Waals surface area contributed by atoms with Crippen LogP contribution in [-0.2, 0) is 6.54 Å². The van der Waals surface area contributed by atoms with Crippen LogP contribution in [-0.4, -0.2) is 47.2 Å². The Balaban J connectivity index is 1.61. The Morgan fingerprint density at radius 2 is 1.61 bits per heavy atom. The van der Waals surface area contributed by atoms with Gasteiger partial charge in [0.05, 0.1) is 29.8 Å². The number of piperidine rings is 1. The smallest absolute Gasteiger partial charge is 0.261 e. The van der Waals surface area contributed by atoms with Crippen LogP contribution in [0.25, 0.3) is 0 Å². The molecular formula is C25H28N2O4. The van der Waals surface area contributed by atoms with Gasteiger partial charge in [0, 0.05) is 13.1 Å². The number of carbonyl (C=O) groups excluding carboxylic acids is 3. The zero-order valence-electron chi connectivity index (χ0n) is 18.3. The molecule has 6 heteroatoms. The second-order valence-corrected chi connectivity index (χ2v) is 8.66. The fourth-order valence-electron chi connectivity index (χ4n) is 4.69. The van der Waals surface area contributed by atoms with Crippen LogP contribution in [0.15, 0.2) is 42.5 Å². The minimum atomic E-state index is -0.305. The molecule has 1 saturated heterocycles. The van der Waals surface area contributed by atoms with Crippen molar-refractivity contribution in [3.05, 3.63) is 64.7 Å². The highest BCUT2D eigenvalue weighted by molar-refractivity contribution is 6.21. The first-order valence-electron chi connectivity index (χ1n) is 10.9. The van der Waals surface area contributed by atoms with Crippen LogP contribution in [0.1, 0.15) is 63.8 Å². The van der Waals surface area contributed by atoms with Crippen LogP contribution < -0.4 is 4.74 Å². The standard InChI is InChI=1S/C25H28N2O4/c1-4-31-22-10-9-18(12-21(22)23(28)26-13-16(2)11-17(3)14-26)15-27-24(29)19-7-5-6-8-20(19)25(27)30/h5-10,12,16-17H,4,11,13-15H2,1-3H3. The number of carbonyl (C=O) groups is 3. The van der Waals surface area contributed by atoms with Crippen molar-refractivity contribution in [1.29, 1.82) is 0 Å². The highest BCUT2D eigenvalue weighted by Crippen LogP contribution is 2.29. The van der Waals surface area contributed by atoms with Gasteiger partial charge in [0.25, 0.3) is 17.7 Å². The molecule has 3 amide bonds. The van der Waals surface area contributed by atoms with Gasteiger partial charge in [0.1, 0.15) is 5.75 Å². The van der Waals surface area contributed by atoms with E-state index in [2.05, 4.69) is 13.8 Å². The normalized spacial score (nSPS) is 20.7. The quantitative estimate of drug-likeness (QED) is 0.686. The van der Waals surface area contributed by atoms with Crippen LogP contribution >= 0.6 is 0 Å². The Morgan fingerprint density at radius 3 is 2.19 bits per heavy atom. The average Bonchev–Trinajstić information content (AvgIpc) is 2.99. The summed E-state index contributed by atoms with van der Waals surface area (Å²) < 4.78 is 5.73. The number of nitrogens with zero attached hydrogens (tertiary/aromatic N) is 2. The van der Waals surface area contributed by atoms with Crippen molar-refractivity contribution >= 4 is 17.7 Å². The van der Waals surface area contributed by atoms with Gasteiger partial charge in [0.2, 0.25) is 0 Å². The number of amides is 3. The lowest BCUT2D eigenvalue weighted by molar-refractivity contribution is 0.0618. The van der Waals surface area contributed by atoms with Gasteiger partial charge in [-0.3, -0.25) is 19.3 Å². The van der Waals surface area contributed by atoms with Gasteiger partial charge in [-0.2, -0.15) is 0 Å². The molecule has 4 rings (SSSR count). The Hall–Kier alpha value is -3.15. The van der Waals surface area contributed by atoms with Crippen LogP contribution in [0.5, 0.6) is 5.75 Å². The molecule has 6 nitrogen and oxygen atoms in total. The van der Waals surface area contributed by atoms with E-state index in [0.29, 0.717) is 40.9 Å². The zero-order valence-corrected chi connectivity index (χ0v) is 18.3. The lowest BCUT2D eigenvalue weighted by Gasteiger charge is -2.35. The molecule has 2 aliphatic rings. The van der Waals surface area contributed by atoms with Gasteiger partial charge in [-0.1, -0.05) is 32.0 Å². The molecule has 0 radical (unpaired) electrons. The fraction of sp³-hybridized carbons (Fsp3) is 0.400. The van der Waals surface area contributed by atoms with Crippen molar-refractivity contribution in [3.63, 3.8) is 0 Å². The predicted molar refractivity (Wildman–Crippen MR) is 117 cm³/mol.